The van der Waals surface area contributed by atoms with E-state index in [4.69, 9.17) is 4.99 Å². The van der Waals surface area contributed by atoms with Crippen LogP contribution in [0.15, 0.2) is 33.8 Å². The van der Waals surface area contributed by atoms with Crippen molar-refractivity contribution in [3.8, 4) is 0 Å². The Labute approximate surface area is 208 Å². The number of piperidine rings is 1. The van der Waals surface area contributed by atoms with Gasteiger partial charge in [0.15, 0.2) is 0 Å². The molecule has 0 bridgehead atoms. The molecular weight excluding hydrogens is 442 g/mol. The third-order valence-electron chi connectivity index (χ3n) is 8.16. The number of hydrogen-bond donors (Lipinski definition) is 2. The molecule has 190 valence electrons. The Bertz CT molecular complexity index is 934. The number of dihydropyridines is 2. The minimum Gasteiger partial charge on any atom is -0.347 e. The van der Waals surface area contributed by atoms with E-state index in [0.717, 1.165) is 65.1 Å². The molecule has 5 heterocycles. The molecule has 0 saturated carbocycles. The first kappa shape index (κ1) is 24.3. The highest BCUT2D eigenvalue weighted by Crippen LogP contribution is 2.25. The van der Waals surface area contributed by atoms with Crippen LogP contribution in [0.25, 0.3) is 0 Å². The van der Waals surface area contributed by atoms with Crippen LogP contribution in [0.4, 0.5) is 0 Å². The molecule has 9 heteroatoms. The fourth-order valence-corrected chi connectivity index (χ4v) is 5.86. The van der Waals surface area contributed by atoms with Gasteiger partial charge >= 0.3 is 0 Å². The highest BCUT2D eigenvalue weighted by molar-refractivity contribution is 6.05. The van der Waals surface area contributed by atoms with Gasteiger partial charge in [0.2, 0.25) is 11.8 Å². The number of likely N-dealkylation sites (tertiary alicyclic amines) is 1. The zero-order valence-corrected chi connectivity index (χ0v) is 21.0. The zero-order chi connectivity index (χ0) is 24.4. The van der Waals surface area contributed by atoms with Gasteiger partial charge in [-0.3, -0.25) is 29.4 Å². The van der Waals surface area contributed by atoms with Crippen LogP contribution in [0, 0.1) is 11.8 Å². The van der Waals surface area contributed by atoms with Crippen molar-refractivity contribution in [1.82, 2.24) is 25.3 Å². The lowest BCUT2D eigenvalue weighted by atomic mass is 9.86. The number of rotatable bonds is 5. The molecule has 2 N–H and O–H groups in total. The van der Waals surface area contributed by atoms with Gasteiger partial charge in [0.1, 0.15) is 5.84 Å². The van der Waals surface area contributed by atoms with Crippen LogP contribution in [-0.4, -0.2) is 116 Å². The van der Waals surface area contributed by atoms with Gasteiger partial charge < -0.3 is 15.5 Å². The Hall–Kier alpha value is -2.36. The SMILES string of the molecule is CCC1CC2N=CC(CN3CCN(C4C=CC(NC(=O)[C@H]5CCN(C)C5)=NC4)CC3)=CC2NC1=O. The van der Waals surface area contributed by atoms with E-state index in [0.29, 0.717) is 12.4 Å². The lowest BCUT2D eigenvalue weighted by Gasteiger charge is -2.39. The Morgan fingerprint density at radius 2 is 2.06 bits per heavy atom. The molecule has 5 aliphatic heterocycles. The van der Waals surface area contributed by atoms with Gasteiger partial charge in [-0.2, -0.15) is 0 Å². The number of piperazine rings is 1. The molecule has 0 aliphatic carbocycles. The number of nitrogens with one attached hydrogen (secondary N) is 2. The van der Waals surface area contributed by atoms with E-state index in [1.54, 1.807) is 0 Å². The molecule has 5 aliphatic rings. The number of carbonyl (C=O) groups excluding carboxylic acids is 2. The number of fused-ring (bicyclic) bond motifs is 1. The van der Waals surface area contributed by atoms with E-state index in [9.17, 15) is 9.59 Å². The quantitative estimate of drug-likeness (QED) is 0.590. The van der Waals surface area contributed by atoms with Crippen LogP contribution in [0.1, 0.15) is 26.2 Å². The summed E-state index contributed by atoms with van der Waals surface area (Å²) in [5.74, 6) is 1.12. The second kappa shape index (κ2) is 10.7. The van der Waals surface area contributed by atoms with Crippen LogP contribution < -0.4 is 10.6 Å². The Morgan fingerprint density at radius 3 is 2.74 bits per heavy atom. The minimum absolute atomic E-state index is 0.0427. The molecule has 2 amide bonds. The van der Waals surface area contributed by atoms with Crippen molar-refractivity contribution in [2.45, 2.75) is 44.3 Å². The molecule has 35 heavy (non-hydrogen) atoms. The van der Waals surface area contributed by atoms with Gasteiger partial charge in [-0.15, -0.1) is 0 Å². The Balaban J connectivity index is 1.05. The fraction of sp³-hybridized carbons (Fsp3) is 0.692. The fourth-order valence-electron chi connectivity index (χ4n) is 5.86. The monoisotopic (exact) mass is 481 g/mol. The lowest BCUT2D eigenvalue weighted by molar-refractivity contribution is -0.128. The van der Waals surface area contributed by atoms with Crippen LogP contribution in [0.2, 0.25) is 0 Å². The summed E-state index contributed by atoms with van der Waals surface area (Å²) in [4.78, 5) is 41.3. The molecule has 0 radical (unpaired) electrons. The number of hydrogen-bond acceptors (Lipinski definition) is 7. The maximum absolute atomic E-state index is 12.5. The van der Waals surface area contributed by atoms with Gasteiger partial charge in [0.05, 0.1) is 24.5 Å². The normalized spacial score (nSPS) is 34.2. The van der Waals surface area contributed by atoms with Crippen LogP contribution >= 0.6 is 0 Å². The molecule has 3 fully saturated rings. The molecular formula is C26H39N7O2. The van der Waals surface area contributed by atoms with Crippen molar-refractivity contribution in [3.63, 3.8) is 0 Å². The average molecular weight is 482 g/mol. The molecule has 0 aromatic carbocycles. The number of nitrogens with zero attached hydrogens (tertiary/aromatic N) is 5. The molecule has 5 rings (SSSR count). The summed E-state index contributed by atoms with van der Waals surface area (Å²) in [7, 11) is 2.06. The van der Waals surface area contributed by atoms with E-state index in [-0.39, 0.29) is 41.8 Å². The summed E-state index contributed by atoms with van der Waals surface area (Å²) in [6, 6.07) is 0.516. The van der Waals surface area contributed by atoms with Crippen LogP contribution in [0.5, 0.6) is 0 Å². The van der Waals surface area contributed by atoms with Gasteiger partial charge in [-0.25, -0.2) is 0 Å². The van der Waals surface area contributed by atoms with E-state index in [2.05, 4.69) is 56.4 Å². The summed E-state index contributed by atoms with van der Waals surface area (Å²) in [6.07, 6.45) is 11.0. The van der Waals surface area contributed by atoms with E-state index < -0.39 is 0 Å². The minimum atomic E-state index is 0.0427. The molecule has 9 nitrogen and oxygen atoms in total. The first-order valence-corrected chi connectivity index (χ1v) is 13.2. The Morgan fingerprint density at radius 1 is 1.23 bits per heavy atom. The topological polar surface area (TPSA) is 92.6 Å². The van der Waals surface area contributed by atoms with Crippen molar-refractivity contribution in [3.05, 3.63) is 23.8 Å². The van der Waals surface area contributed by atoms with E-state index in [1.807, 2.05) is 12.3 Å². The van der Waals surface area contributed by atoms with Gasteiger partial charge in [0, 0.05) is 57.4 Å². The first-order valence-electron chi connectivity index (χ1n) is 13.2. The maximum atomic E-state index is 12.5. The summed E-state index contributed by atoms with van der Waals surface area (Å²) in [5.41, 5.74) is 1.20. The van der Waals surface area contributed by atoms with Gasteiger partial charge in [0.25, 0.3) is 0 Å². The number of amidine groups is 1. The standard InChI is InChI=1S/C26H39N7O2/c1-3-19-13-22-23(29-25(19)34)12-18(14-27-22)16-32-8-10-33(11-9-32)21-4-5-24(28-15-21)30-26(35)20-6-7-31(2)17-20/h4-5,12,14,19-23H,3,6-11,13,15-17H2,1-2H3,(H,29,34)(H,28,30,35)/t19?,20-,21?,22?,23?/m0/s1. The van der Waals surface area contributed by atoms with E-state index >= 15 is 0 Å². The van der Waals surface area contributed by atoms with Crippen LogP contribution in [-0.2, 0) is 9.59 Å². The third kappa shape index (κ3) is 5.73. The zero-order valence-electron chi connectivity index (χ0n) is 21.0. The largest absolute Gasteiger partial charge is 0.347 e. The lowest BCUT2D eigenvalue weighted by Crippen LogP contribution is -2.53. The Kier molecular flexibility index (Phi) is 7.45. The second-order valence-electron chi connectivity index (χ2n) is 10.7. The number of carbonyl (C=O) groups is 2. The summed E-state index contributed by atoms with van der Waals surface area (Å²) in [6.45, 7) is 9.42. The van der Waals surface area contributed by atoms with Gasteiger partial charge in [-0.1, -0.05) is 19.1 Å². The van der Waals surface area contributed by atoms with Crippen molar-refractivity contribution in [1.29, 1.82) is 0 Å². The summed E-state index contributed by atoms with van der Waals surface area (Å²) >= 11 is 0. The molecule has 3 saturated heterocycles. The van der Waals surface area contributed by atoms with E-state index in [1.165, 1.54) is 5.57 Å². The first-order chi connectivity index (χ1) is 17.0. The van der Waals surface area contributed by atoms with Crippen LogP contribution in [0.3, 0.4) is 0 Å². The molecule has 4 unspecified atom stereocenters. The molecule has 0 aromatic heterocycles. The van der Waals surface area contributed by atoms with Crippen molar-refractivity contribution in [2.75, 3.05) is 59.4 Å². The third-order valence-corrected chi connectivity index (χ3v) is 8.16. The average Bonchev–Trinajstić information content (AvgIpc) is 3.31. The molecule has 5 atom stereocenters. The summed E-state index contributed by atoms with van der Waals surface area (Å²) in [5, 5.41) is 6.18. The molecule has 0 aromatic rings. The predicted molar refractivity (Wildman–Crippen MR) is 138 cm³/mol. The number of amides is 2. The number of aliphatic imine (C=N–C) groups is 2. The second-order valence-corrected chi connectivity index (χ2v) is 10.7. The highest BCUT2D eigenvalue weighted by Gasteiger charge is 2.35. The smallest absolute Gasteiger partial charge is 0.229 e. The maximum Gasteiger partial charge on any atom is 0.229 e. The van der Waals surface area contributed by atoms with Crippen molar-refractivity contribution in [2.24, 2.45) is 21.8 Å². The summed E-state index contributed by atoms with van der Waals surface area (Å²) < 4.78 is 0. The van der Waals surface area contributed by atoms with Crippen molar-refractivity contribution < 1.29 is 9.59 Å². The van der Waals surface area contributed by atoms with Crippen molar-refractivity contribution >= 4 is 23.9 Å². The van der Waals surface area contributed by atoms with Gasteiger partial charge in [-0.05, 0) is 44.5 Å². The highest BCUT2D eigenvalue weighted by atomic mass is 16.2. The molecule has 0 spiro atoms. The predicted octanol–water partition coefficient (Wildman–Crippen LogP) is 0.303.